The van der Waals surface area contributed by atoms with Gasteiger partial charge in [0.25, 0.3) is 0 Å². The summed E-state index contributed by atoms with van der Waals surface area (Å²) in [5.41, 5.74) is 4.98. The molecule has 0 bridgehead atoms. The van der Waals surface area contributed by atoms with E-state index in [9.17, 15) is 4.57 Å². The number of hydrogen-bond acceptors (Lipinski definition) is 1. The predicted molar refractivity (Wildman–Crippen MR) is 102 cm³/mol. The van der Waals surface area contributed by atoms with Crippen molar-refractivity contribution in [1.82, 2.24) is 0 Å². The predicted octanol–water partition coefficient (Wildman–Crippen LogP) is 6.50. The molecule has 24 heavy (non-hydrogen) atoms. The summed E-state index contributed by atoms with van der Waals surface area (Å²) in [6.45, 7) is 0. The molecule has 1 aliphatic heterocycles. The van der Waals surface area contributed by atoms with Gasteiger partial charge in [0.1, 0.15) is 0 Å². The summed E-state index contributed by atoms with van der Waals surface area (Å²) < 4.78 is 12.6. The fraction of sp³-hybridized carbons (Fsp3) is 0.0909. The minimum absolute atomic E-state index is 0.665. The first-order valence-corrected chi connectivity index (χ1v) is 9.88. The third-order valence-electron chi connectivity index (χ3n) is 4.97. The molecular weight excluding hydrogens is 311 g/mol. The fourth-order valence-electron chi connectivity index (χ4n) is 3.92. The van der Waals surface area contributed by atoms with E-state index in [1.54, 1.807) is 0 Å². The smallest absolute Gasteiger partial charge is 0.0740 e. The minimum atomic E-state index is -1.25. The van der Waals surface area contributed by atoms with Crippen LogP contribution in [0.5, 0.6) is 0 Å². The second-order valence-corrected chi connectivity index (χ2v) is 8.04. The van der Waals surface area contributed by atoms with Crippen LogP contribution in [0, 0.1) is 0 Å². The first kappa shape index (κ1) is 13.9. The Kier molecular flexibility index (Phi) is 3.04. The molecule has 0 aromatic heterocycles. The van der Waals surface area contributed by atoms with Crippen molar-refractivity contribution >= 4 is 29.3 Å². The van der Waals surface area contributed by atoms with Crippen LogP contribution in [0.25, 0.3) is 32.7 Å². The van der Waals surface area contributed by atoms with E-state index in [1.807, 2.05) is 0 Å². The summed E-state index contributed by atoms with van der Waals surface area (Å²) >= 11 is 0. The summed E-state index contributed by atoms with van der Waals surface area (Å²) in [6.07, 6.45) is 1.33. The molecule has 5 rings (SSSR count). The van der Waals surface area contributed by atoms with Crippen LogP contribution >= 0.6 is 7.80 Å². The highest BCUT2D eigenvalue weighted by molar-refractivity contribution is 7.43. The molecule has 114 valence electrons. The van der Waals surface area contributed by atoms with E-state index >= 15 is 0 Å². The summed E-state index contributed by atoms with van der Waals surface area (Å²) in [5, 5.41) is 5.01. The van der Waals surface area contributed by atoms with Gasteiger partial charge >= 0.3 is 7.80 Å². The van der Waals surface area contributed by atoms with Crippen molar-refractivity contribution in [3.05, 3.63) is 83.9 Å². The zero-order chi connectivity index (χ0) is 16.1. The van der Waals surface area contributed by atoms with Gasteiger partial charge in [-0.05, 0) is 32.7 Å². The molecule has 0 spiro atoms. The second-order valence-electron chi connectivity index (χ2n) is 6.44. The van der Waals surface area contributed by atoms with Crippen molar-refractivity contribution in [2.75, 3.05) is 0 Å². The number of rotatable bonds is 0. The highest BCUT2D eigenvalue weighted by atomic mass is 31.1. The Morgan fingerprint density at radius 2 is 1.04 bits per heavy atom. The van der Waals surface area contributed by atoms with E-state index < -0.39 is 7.80 Å². The molecule has 1 heterocycles. The second kappa shape index (κ2) is 5.26. The normalized spacial score (nSPS) is 13.6. The molecule has 1 nitrogen and oxygen atoms in total. The highest BCUT2D eigenvalue weighted by Gasteiger charge is 2.29. The lowest BCUT2D eigenvalue weighted by Crippen LogP contribution is -1.92. The first-order valence-electron chi connectivity index (χ1n) is 8.25. The Balaban J connectivity index is 2.02. The topological polar surface area (TPSA) is 17.1 Å². The van der Waals surface area contributed by atoms with Crippen molar-refractivity contribution in [2.45, 2.75) is 12.3 Å². The number of hydrogen-bond donors (Lipinski definition) is 0. The lowest BCUT2D eigenvalue weighted by Gasteiger charge is -2.14. The Hall–Kier alpha value is -2.50. The van der Waals surface area contributed by atoms with E-state index in [1.165, 1.54) is 43.8 Å². The van der Waals surface area contributed by atoms with E-state index in [0.717, 1.165) is 0 Å². The maximum atomic E-state index is 12.6. The lowest BCUT2D eigenvalue weighted by atomic mass is 9.88. The molecule has 0 atom stereocenters. The molecule has 0 saturated heterocycles. The van der Waals surface area contributed by atoms with Gasteiger partial charge in [0.15, 0.2) is 12.3 Å². The van der Waals surface area contributed by atoms with Crippen LogP contribution in [0.1, 0.15) is 11.1 Å². The van der Waals surface area contributed by atoms with Crippen LogP contribution in [-0.2, 0) is 16.9 Å². The van der Waals surface area contributed by atoms with E-state index in [0.29, 0.717) is 12.3 Å². The highest BCUT2D eigenvalue weighted by Crippen LogP contribution is 2.47. The summed E-state index contributed by atoms with van der Waals surface area (Å²) in [7, 11) is -1.25. The van der Waals surface area contributed by atoms with Gasteiger partial charge in [-0.15, -0.1) is 0 Å². The standard InChI is InChI=1S/C22H16OP/c23-24-13-17-11-9-15-5-1-3-7-19(15)21(17)22-18(14-24)12-10-16-6-2-4-8-20(16)22/h1-12H,13-14H2/q+1. The molecule has 2 heteroatoms. The third-order valence-corrected chi connectivity index (χ3v) is 6.36. The monoisotopic (exact) mass is 327 g/mol. The molecule has 0 N–H and O–H groups in total. The Morgan fingerprint density at radius 1 is 0.583 bits per heavy atom. The van der Waals surface area contributed by atoms with E-state index in [2.05, 4.69) is 72.8 Å². The Labute approximate surface area is 141 Å². The third kappa shape index (κ3) is 2.02. The molecule has 1 aliphatic rings. The molecule has 0 saturated carbocycles. The molecule has 0 unspecified atom stereocenters. The van der Waals surface area contributed by atoms with E-state index in [-0.39, 0.29) is 0 Å². The molecular formula is C22H16OP+. The maximum absolute atomic E-state index is 12.6. The fourth-order valence-corrected chi connectivity index (χ4v) is 5.32. The van der Waals surface area contributed by atoms with Crippen molar-refractivity contribution in [3.8, 4) is 11.1 Å². The summed E-state index contributed by atoms with van der Waals surface area (Å²) in [5.74, 6) is 0. The van der Waals surface area contributed by atoms with Gasteiger partial charge in [-0.1, -0.05) is 77.4 Å². The van der Waals surface area contributed by atoms with Crippen molar-refractivity contribution < 1.29 is 4.57 Å². The van der Waals surface area contributed by atoms with Gasteiger partial charge < -0.3 is 0 Å². The van der Waals surface area contributed by atoms with Crippen LogP contribution in [0.15, 0.2) is 72.8 Å². The van der Waals surface area contributed by atoms with Crippen molar-refractivity contribution in [3.63, 3.8) is 0 Å². The van der Waals surface area contributed by atoms with E-state index in [4.69, 9.17) is 0 Å². The minimum Gasteiger partial charge on any atom is -0.0740 e. The molecule has 0 aliphatic carbocycles. The SMILES string of the molecule is O=[P+]1Cc2ccc3ccccc3c2-c2c(ccc3ccccc23)C1. The lowest BCUT2D eigenvalue weighted by molar-refractivity contribution is 0.587. The van der Waals surface area contributed by atoms with Gasteiger partial charge in [0.05, 0.1) is 0 Å². The largest absolute Gasteiger partial charge is 0.348 e. The van der Waals surface area contributed by atoms with Crippen LogP contribution in [0.3, 0.4) is 0 Å². The maximum Gasteiger partial charge on any atom is 0.348 e. The molecule has 0 radical (unpaired) electrons. The van der Waals surface area contributed by atoms with Gasteiger partial charge in [0.2, 0.25) is 0 Å². The summed E-state index contributed by atoms with van der Waals surface area (Å²) in [6, 6.07) is 25.7. The molecule has 0 amide bonds. The molecule has 0 fully saturated rings. The van der Waals surface area contributed by atoms with Crippen molar-refractivity contribution in [1.29, 1.82) is 0 Å². The Bertz CT molecular complexity index is 1040. The molecule has 4 aromatic rings. The summed E-state index contributed by atoms with van der Waals surface area (Å²) in [4.78, 5) is 0. The quantitative estimate of drug-likeness (QED) is 0.337. The Morgan fingerprint density at radius 3 is 1.54 bits per heavy atom. The average molecular weight is 327 g/mol. The number of fused-ring (bicyclic) bond motifs is 7. The molecule has 4 aromatic carbocycles. The zero-order valence-corrected chi connectivity index (χ0v) is 14.1. The van der Waals surface area contributed by atoms with Crippen LogP contribution in [0.2, 0.25) is 0 Å². The van der Waals surface area contributed by atoms with Gasteiger partial charge in [-0.3, -0.25) is 0 Å². The van der Waals surface area contributed by atoms with Crippen LogP contribution in [-0.4, -0.2) is 0 Å². The zero-order valence-electron chi connectivity index (χ0n) is 13.2. The van der Waals surface area contributed by atoms with Gasteiger partial charge in [0, 0.05) is 11.1 Å². The van der Waals surface area contributed by atoms with Gasteiger partial charge in [-0.2, -0.15) is 0 Å². The van der Waals surface area contributed by atoms with Crippen LogP contribution in [0.4, 0.5) is 0 Å². The van der Waals surface area contributed by atoms with Gasteiger partial charge in [-0.25, -0.2) is 0 Å². The number of benzene rings is 4. The van der Waals surface area contributed by atoms with Crippen LogP contribution < -0.4 is 0 Å². The first-order chi connectivity index (χ1) is 11.8. The average Bonchev–Trinajstić information content (AvgIpc) is 2.77. The van der Waals surface area contributed by atoms with Crippen molar-refractivity contribution in [2.24, 2.45) is 0 Å².